The molecule has 4 heteroatoms. The van der Waals surface area contributed by atoms with Crippen LogP contribution in [0.5, 0.6) is 0 Å². The summed E-state index contributed by atoms with van der Waals surface area (Å²) in [6.07, 6.45) is -0.309. The van der Waals surface area contributed by atoms with Gasteiger partial charge in [-0.15, -0.1) is 0 Å². The summed E-state index contributed by atoms with van der Waals surface area (Å²) in [5.41, 5.74) is 0. The molecule has 0 aromatic rings. The van der Waals surface area contributed by atoms with Crippen molar-refractivity contribution in [3.05, 3.63) is 0 Å². The van der Waals surface area contributed by atoms with Crippen molar-refractivity contribution in [1.29, 1.82) is 0 Å². The maximum atomic E-state index is 12.5. The van der Waals surface area contributed by atoms with Crippen LogP contribution in [0.4, 0.5) is 8.78 Å². The number of hydrogen-bond acceptors (Lipinski definition) is 2. The molecular formula is C10H20F2N2. The van der Waals surface area contributed by atoms with Crippen molar-refractivity contribution in [3.8, 4) is 0 Å². The van der Waals surface area contributed by atoms with Crippen molar-refractivity contribution in [3.63, 3.8) is 0 Å². The molecule has 1 aliphatic heterocycles. The molecule has 0 radical (unpaired) electrons. The van der Waals surface area contributed by atoms with Crippen LogP contribution in [0.3, 0.4) is 0 Å². The van der Waals surface area contributed by atoms with Crippen LogP contribution in [0.25, 0.3) is 0 Å². The van der Waals surface area contributed by atoms with Crippen LogP contribution in [0.2, 0.25) is 0 Å². The van der Waals surface area contributed by atoms with Crippen LogP contribution in [0, 0.1) is 0 Å². The first-order valence-electron chi connectivity index (χ1n) is 5.37. The predicted octanol–water partition coefficient (Wildman–Crippen LogP) is 1.71. The van der Waals surface area contributed by atoms with E-state index in [0.29, 0.717) is 6.04 Å². The van der Waals surface area contributed by atoms with Crippen LogP contribution in [0.1, 0.15) is 26.7 Å². The summed E-state index contributed by atoms with van der Waals surface area (Å²) in [6, 6.07) is -0.150. The first-order chi connectivity index (χ1) is 6.61. The first kappa shape index (κ1) is 11.9. The maximum Gasteiger partial charge on any atom is 0.253 e. The summed E-state index contributed by atoms with van der Waals surface area (Å²) in [5.74, 6) is 0. The standard InChI is InChI=1S/C10H20F2N2/c1-8-4-7-14(6-3-5-13-8)9(2)10(11)12/h8-10,13H,3-7H2,1-2H3. The topological polar surface area (TPSA) is 15.3 Å². The van der Waals surface area contributed by atoms with Crippen LogP contribution in [-0.4, -0.2) is 43.0 Å². The lowest BCUT2D eigenvalue weighted by Gasteiger charge is -2.32. The molecule has 1 rings (SSSR count). The van der Waals surface area contributed by atoms with Gasteiger partial charge in [0.2, 0.25) is 0 Å². The Labute approximate surface area is 84.7 Å². The van der Waals surface area contributed by atoms with Crippen molar-refractivity contribution < 1.29 is 8.78 Å². The van der Waals surface area contributed by atoms with Gasteiger partial charge in [0.15, 0.2) is 0 Å². The summed E-state index contributed by atoms with van der Waals surface area (Å²) >= 11 is 0. The zero-order chi connectivity index (χ0) is 10.6. The molecule has 14 heavy (non-hydrogen) atoms. The highest BCUT2D eigenvalue weighted by Gasteiger charge is 2.23. The molecule has 1 fully saturated rings. The summed E-state index contributed by atoms with van der Waals surface area (Å²) in [4.78, 5) is 1.90. The summed E-state index contributed by atoms with van der Waals surface area (Å²) in [6.45, 7) is 6.22. The van der Waals surface area contributed by atoms with Crippen molar-refractivity contribution in [2.75, 3.05) is 19.6 Å². The van der Waals surface area contributed by atoms with E-state index in [1.807, 2.05) is 4.90 Å². The number of hydrogen-bond donors (Lipinski definition) is 1. The van der Waals surface area contributed by atoms with Gasteiger partial charge in [-0.05, 0) is 39.8 Å². The van der Waals surface area contributed by atoms with E-state index in [1.165, 1.54) is 0 Å². The zero-order valence-electron chi connectivity index (χ0n) is 8.97. The second-order valence-electron chi connectivity index (χ2n) is 4.11. The Balaban J connectivity index is 2.42. The predicted molar refractivity (Wildman–Crippen MR) is 53.7 cm³/mol. The molecule has 0 amide bonds. The van der Waals surface area contributed by atoms with Gasteiger partial charge in [0.25, 0.3) is 6.43 Å². The number of halogens is 2. The summed E-state index contributed by atoms with van der Waals surface area (Å²) in [7, 11) is 0. The monoisotopic (exact) mass is 206 g/mol. The second kappa shape index (κ2) is 5.61. The number of nitrogens with one attached hydrogen (secondary N) is 1. The molecule has 0 bridgehead atoms. The van der Waals surface area contributed by atoms with Crippen LogP contribution < -0.4 is 5.32 Å². The smallest absolute Gasteiger partial charge is 0.253 e. The van der Waals surface area contributed by atoms with Gasteiger partial charge in [-0.1, -0.05) is 0 Å². The minimum atomic E-state index is -2.22. The van der Waals surface area contributed by atoms with Crippen molar-refractivity contribution in [2.24, 2.45) is 0 Å². The van der Waals surface area contributed by atoms with Crippen molar-refractivity contribution in [1.82, 2.24) is 10.2 Å². The van der Waals surface area contributed by atoms with Gasteiger partial charge in [-0.25, -0.2) is 8.78 Å². The Bertz CT molecular complexity index is 164. The molecule has 0 saturated carbocycles. The highest BCUT2D eigenvalue weighted by Crippen LogP contribution is 2.12. The molecule has 0 aliphatic carbocycles. The average Bonchev–Trinajstić information content (AvgIpc) is 2.11. The van der Waals surface area contributed by atoms with E-state index in [2.05, 4.69) is 12.2 Å². The van der Waals surface area contributed by atoms with E-state index in [4.69, 9.17) is 0 Å². The normalized spacial score (nSPS) is 28.5. The molecule has 2 atom stereocenters. The molecule has 84 valence electrons. The molecule has 0 spiro atoms. The molecule has 0 aromatic carbocycles. The lowest BCUT2D eigenvalue weighted by Crippen LogP contribution is -2.44. The lowest BCUT2D eigenvalue weighted by atomic mass is 10.1. The van der Waals surface area contributed by atoms with Crippen LogP contribution in [0.15, 0.2) is 0 Å². The minimum Gasteiger partial charge on any atom is -0.314 e. The molecule has 1 N–H and O–H groups in total. The van der Waals surface area contributed by atoms with Crippen LogP contribution >= 0.6 is 0 Å². The van der Waals surface area contributed by atoms with Gasteiger partial charge in [0.1, 0.15) is 0 Å². The number of alkyl halides is 2. The summed E-state index contributed by atoms with van der Waals surface area (Å²) < 4.78 is 25.0. The maximum absolute atomic E-state index is 12.5. The molecule has 1 aliphatic rings. The van der Waals surface area contributed by atoms with E-state index in [9.17, 15) is 8.78 Å². The fraction of sp³-hybridized carbons (Fsp3) is 1.00. The van der Waals surface area contributed by atoms with E-state index in [0.717, 1.165) is 32.5 Å². The first-order valence-corrected chi connectivity index (χ1v) is 5.37. The quantitative estimate of drug-likeness (QED) is 0.740. The average molecular weight is 206 g/mol. The fourth-order valence-electron chi connectivity index (χ4n) is 1.77. The van der Waals surface area contributed by atoms with Gasteiger partial charge in [0.05, 0.1) is 6.04 Å². The highest BCUT2D eigenvalue weighted by atomic mass is 19.3. The Kier molecular flexibility index (Phi) is 4.75. The Hall–Kier alpha value is -0.220. The van der Waals surface area contributed by atoms with E-state index < -0.39 is 12.5 Å². The van der Waals surface area contributed by atoms with E-state index in [1.54, 1.807) is 6.92 Å². The molecule has 2 nitrogen and oxygen atoms in total. The highest BCUT2D eigenvalue weighted by molar-refractivity contribution is 4.75. The Morgan fingerprint density at radius 3 is 2.71 bits per heavy atom. The SMILES string of the molecule is CC1CCN(C(C)C(F)F)CCCN1. The Morgan fingerprint density at radius 2 is 2.07 bits per heavy atom. The third-order valence-electron chi connectivity index (χ3n) is 2.90. The lowest BCUT2D eigenvalue weighted by molar-refractivity contribution is 0.0298. The van der Waals surface area contributed by atoms with Gasteiger partial charge < -0.3 is 5.32 Å². The molecule has 1 saturated heterocycles. The van der Waals surface area contributed by atoms with Crippen molar-refractivity contribution in [2.45, 2.75) is 45.2 Å². The Morgan fingerprint density at radius 1 is 1.36 bits per heavy atom. The van der Waals surface area contributed by atoms with Gasteiger partial charge in [-0.2, -0.15) is 0 Å². The van der Waals surface area contributed by atoms with Crippen LogP contribution in [-0.2, 0) is 0 Å². The van der Waals surface area contributed by atoms with Gasteiger partial charge in [-0.3, -0.25) is 4.90 Å². The molecule has 1 heterocycles. The zero-order valence-corrected chi connectivity index (χ0v) is 8.97. The second-order valence-corrected chi connectivity index (χ2v) is 4.11. The van der Waals surface area contributed by atoms with E-state index >= 15 is 0 Å². The van der Waals surface area contributed by atoms with Crippen molar-refractivity contribution >= 4 is 0 Å². The number of rotatable bonds is 2. The van der Waals surface area contributed by atoms with E-state index in [-0.39, 0.29) is 0 Å². The molecular weight excluding hydrogens is 186 g/mol. The minimum absolute atomic E-state index is 0.447. The number of nitrogens with zero attached hydrogens (tertiary/aromatic N) is 1. The third kappa shape index (κ3) is 3.50. The molecule has 0 aromatic heterocycles. The third-order valence-corrected chi connectivity index (χ3v) is 2.90. The molecule has 2 unspecified atom stereocenters. The van der Waals surface area contributed by atoms with Gasteiger partial charge in [0, 0.05) is 12.6 Å². The largest absolute Gasteiger partial charge is 0.314 e. The van der Waals surface area contributed by atoms with Gasteiger partial charge >= 0.3 is 0 Å². The fourth-order valence-corrected chi connectivity index (χ4v) is 1.77. The summed E-state index contributed by atoms with van der Waals surface area (Å²) in [5, 5.41) is 3.36.